The number of urea groups is 1. The van der Waals surface area contributed by atoms with Gasteiger partial charge in [0, 0.05) is 6.54 Å². The van der Waals surface area contributed by atoms with Gasteiger partial charge in [0.15, 0.2) is 0 Å². The molecule has 0 spiro atoms. The van der Waals surface area contributed by atoms with E-state index in [4.69, 9.17) is 9.15 Å². The number of hydrogen-bond acceptors (Lipinski definition) is 4. The SMILES string of the molecule is CCOc1ccc(CNC(=O)NCC(C)(O)c2ccc(C)o2)cc1C. The average molecular weight is 346 g/mol. The van der Waals surface area contributed by atoms with Crippen LogP contribution in [0.1, 0.15) is 36.5 Å². The van der Waals surface area contributed by atoms with Crippen LogP contribution < -0.4 is 15.4 Å². The van der Waals surface area contributed by atoms with Crippen molar-refractivity contribution in [3.63, 3.8) is 0 Å². The van der Waals surface area contributed by atoms with Gasteiger partial charge in [-0.25, -0.2) is 4.79 Å². The van der Waals surface area contributed by atoms with Gasteiger partial charge in [-0.2, -0.15) is 0 Å². The predicted molar refractivity (Wildman–Crippen MR) is 95.6 cm³/mol. The van der Waals surface area contributed by atoms with Crippen molar-refractivity contribution in [2.75, 3.05) is 13.2 Å². The number of aryl methyl sites for hydroxylation is 2. The number of carbonyl (C=O) groups excluding carboxylic acids is 1. The zero-order chi connectivity index (χ0) is 18.4. The van der Waals surface area contributed by atoms with Crippen LogP contribution in [0.25, 0.3) is 0 Å². The van der Waals surface area contributed by atoms with Crippen molar-refractivity contribution in [2.24, 2.45) is 0 Å². The van der Waals surface area contributed by atoms with Gasteiger partial charge in [-0.1, -0.05) is 12.1 Å². The fourth-order valence-corrected chi connectivity index (χ4v) is 2.45. The van der Waals surface area contributed by atoms with Crippen LogP contribution in [0.3, 0.4) is 0 Å². The summed E-state index contributed by atoms with van der Waals surface area (Å²) in [6, 6.07) is 8.93. The van der Waals surface area contributed by atoms with Gasteiger partial charge in [0.05, 0.1) is 13.2 Å². The van der Waals surface area contributed by atoms with Crippen molar-refractivity contribution in [3.8, 4) is 5.75 Å². The van der Waals surface area contributed by atoms with Gasteiger partial charge in [-0.15, -0.1) is 0 Å². The fraction of sp³-hybridized carbons (Fsp3) is 0.421. The van der Waals surface area contributed by atoms with Crippen molar-refractivity contribution >= 4 is 6.03 Å². The molecule has 0 aliphatic carbocycles. The Balaban J connectivity index is 1.83. The van der Waals surface area contributed by atoms with Crippen molar-refractivity contribution in [2.45, 2.75) is 39.8 Å². The van der Waals surface area contributed by atoms with Gasteiger partial charge in [0.1, 0.15) is 22.9 Å². The van der Waals surface area contributed by atoms with E-state index < -0.39 is 5.60 Å². The van der Waals surface area contributed by atoms with Crippen molar-refractivity contribution in [1.29, 1.82) is 0 Å². The third kappa shape index (κ3) is 5.26. The highest BCUT2D eigenvalue weighted by molar-refractivity contribution is 5.73. The molecule has 0 bridgehead atoms. The molecule has 0 aliphatic heterocycles. The van der Waals surface area contributed by atoms with Gasteiger partial charge in [0.2, 0.25) is 0 Å². The highest BCUT2D eigenvalue weighted by atomic mass is 16.5. The maximum absolute atomic E-state index is 12.0. The number of amides is 2. The molecule has 1 aromatic carbocycles. The summed E-state index contributed by atoms with van der Waals surface area (Å²) in [5, 5.41) is 15.8. The van der Waals surface area contributed by atoms with Crippen LogP contribution in [-0.4, -0.2) is 24.3 Å². The summed E-state index contributed by atoms with van der Waals surface area (Å²) in [7, 11) is 0. The summed E-state index contributed by atoms with van der Waals surface area (Å²) in [5.74, 6) is 1.98. The molecule has 0 saturated heterocycles. The number of nitrogens with one attached hydrogen (secondary N) is 2. The Hall–Kier alpha value is -2.47. The molecule has 0 saturated carbocycles. The molecule has 3 N–H and O–H groups in total. The Morgan fingerprint density at radius 3 is 2.60 bits per heavy atom. The molecule has 1 unspecified atom stereocenters. The van der Waals surface area contributed by atoms with Crippen LogP contribution in [0.2, 0.25) is 0 Å². The van der Waals surface area contributed by atoms with E-state index in [1.807, 2.05) is 32.0 Å². The molecule has 1 atom stereocenters. The molecule has 136 valence electrons. The lowest BCUT2D eigenvalue weighted by Gasteiger charge is -2.21. The zero-order valence-corrected chi connectivity index (χ0v) is 15.2. The lowest BCUT2D eigenvalue weighted by atomic mass is 10.0. The molecule has 0 aliphatic rings. The minimum atomic E-state index is -1.26. The van der Waals surface area contributed by atoms with Crippen LogP contribution >= 0.6 is 0 Å². The Labute approximate surface area is 148 Å². The number of hydrogen-bond donors (Lipinski definition) is 3. The maximum Gasteiger partial charge on any atom is 0.315 e. The van der Waals surface area contributed by atoms with Crippen LogP contribution in [0, 0.1) is 13.8 Å². The first-order valence-corrected chi connectivity index (χ1v) is 8.35. The molecule has 2 rings (SSSR count). The smallest absolute Gasteiger partial charge is 0.315 e. The normalized spacial score (nSPS) is 13.2. The highest BCUT2D eigenvalue weighted by Crippen LogP contribution is 2.22. The average Bonchev–Trinajstić information content (AvgIpc) is 3.01. The maximum atomic E-state index is 12.0. The van der Waals surface area contributed by atoms with Crippen LogP contribution in [0.4, 0.5) is 4.79 Å². The number of ether oxygens (including phenoxy) is 1. The molecular formula is C19H26N2O4. The van der Waals surface area contributed by atoms with Gasteiger partial charge in [-0.05, 0) is 57.0 Å². The third-order valence-electron chi connectivity index (χ3n) is 3.86. The summed E-state index contributed by atoms with van der Waals surface area (Å²) >= 11 is 0. The lowest BCUT2D eigenvalue weighted by Crippen LogP contribution is -2.43. The molecule has 1 aromatic heterocycles. The first-order valence-electron chi connectivity index (χ1n) is 8.35. The quantitative estimate of drug-likeness (QED) is 0.720. The van der Waals surface area contributed by atoms with Gasteiger partial charge >= 0.3 is 6.03 Å². The highest BCUT2D eigenvalue weighted by Gasteiger charge is 2.27. The van der Waals surface area contributed by atoms with E-state index in [9.17, 15) is 9.90 Å². The van der Waals surface area contributed by atoms with Crippen molar-refractivity contribution < 1.29 is 19.1 Å². The molecule has 6 nitrogen and oxygen atoms in total. The van der Waals surface area contributed by atoms with Gasteiger partial charge in [0.25, 0.3) is 0 Å². The summed E-state index contributed by atoms with van der Waals surface area (Å²) < 4.78 is 10.9. The van der Waals surface area contributed by atoms with E-state index in [2.05, 4.69) is 10.6 Å². The second-order valence-corrected chi connectivity index (χ2v) is 6.25. The van der Waals surface area contributed by atoms with E-state index in [-0.39, 0.29) is 12.6 Å². The zero-order valence-electron chi connectivity index (χ0n) is 15.2. The van der Waals surface area contributed by atoms with E-state index in [0.717, 1.165) is 16.9 Å². The first kappa shape index (κ1) is 18.9. The minimum absolute atomic E-state index is 0.0497. The molecular weight excluding hydrogens is 320 g/mol. The third-order valence-corrected chi connectivity index (χ3v) is 3.86. The monoisotopic (exact) mass is 346 g/mol. The molecule has 25 heavy (non-hydrogen) atoms. The second-order valence-electron chi connectivity index (χ2n) is 6.25. The molecule has 2 aromatic rings. The number of carbonyl (C=O) groups is 1. The second kappa shape index (κ2) is 8.07. The standard InChI is InChI=1S/C19H26N2O4/c1-5-24-16-8-7-15(10-13(16)2)11-20-18(22)21-12-19(4,23)17-9-6-14(3)25-17/h6-10,23H,5,11-12H2,1-4H3,(H2,20,21,22). The fourth-order valence-electron chi connectivity index (χ4n) is 2.45. The Morgan fingerprint density at radius 1 is 1.24 bits per heavy atom. The van der Waals surface area contributed by atoms with Crippen molar-refractivity contribution in [3.05, 3.63) is 53.0 Å². The van der Waals surface area contributed by atoms with Crippen LogP contribution in [-0.2, 0) is 12.1 Å². The summed E-state index contributed by atoms with van der Waals surface area (Å²) in [6.07, 6.45) is 0. The van der Waals surface area contributed by atoms with E-state index in [0.29, 0.717) is 24.7 Å². The summed E-state index contributed by atoms with van der Waals surface area (Å²) in [6.45, 7) is 8.38. The number of aliphatic hydroxyl groups is 1. The minimum Gasteiger partial charge on any atom is -0.494 e. The molecule has 6 heteroatoms. The lowest BCUT2D eigenvalue weighted by molar-refractivity contribution is 0.0359. The number of rotatable bonds is 7. The van der Waals surface area contributed by atoms with Gasteiger partial charge < -0.3 is 24.9 Å². The first-order chi connectivity index (χ1) is 11.8. The van der Waals surface area contributed by atoms with Crippen molar-refractivity contribution in [1.82, 2.24) is 10.6 Å². The Kier molecular flexibility index (Phi) is 6.09. The van der Waals surface area contributed by atoms with Crippen LogP contribution in [0.15, 0.2) is 34.7 Å². The summed E-state index contributed by atoms with van der Waals surface area (Å²) in [4.78, 5) is 12.0. The van der Waals surface area contributed by atoms with Gasteiger partial charge in [-0.3, -0.25) is 0 Å². The molecule has 2 amide bonds. The number of furan rings is 1. The largest absolute Gasteiger partial charge is 0.494 e. The number of benzene rings is 1. The summed E-state index contributed by atoms with van der Waals surface area (Å²) in [5.41, 5.74) is 0.739. The van der Waals surface area contributed by atoms with E-state index in [1.54, 1.807) is 26.0 Å². The molecule has 0 fully saturated rings. The Bertz CT molecular complexity index is 722. The molecule has 1 heterocycles. The van der Waals surface area contributed by atoms with Crippen LogP contribution in [0.5, 0.6) is 5.75 Å². The van der Waals surface area contributed by atoms with E-state index in [1.165, 1.54) is 0 Å². The van der Waals surface area contributed by atoms with E-state index >= 15 is 0 Å². The molecule has 0 radical (unpaired) electrons. The topological polar surface area (TPSA) is 83.7 Å². The predicted octanol–water partition coefficient (Wildman–Crippen LogP) is 3.00. The Morgan fingerprint density at radius 2 is 2.00 bits per heavy atom.